The maximum Gasteiger partial charge on any atom is 0.416 e. The molecule has 32 heavy (non-hydrogen) atoms. The van der Waals surface area contributed by atoms with Crippen LogP contribution in [0.25, 0.3) is 28.1 Å². The molecule has 5 rings (SSSR count). The molecule has 4 aromatic rings. The molecule has 0 bridgehead atoms. The minimum atomic E-state index is -4.46. The summed E-state index contributed by atoms with van der Waals surface area (Å²) in [5, 5.41) is 4.84. The number of aromatic nitrogens is 1. The third-order valence-corrected chi connectivity index (χ3v) is 5.89. The minimum Gasteiger partial charge on any atom is -0.321 e. The summed E-state index contributed by atoms with van der Waals surface area (Å²) in [6, 6.07) is 19.7. The van der Waals surface area contributed by atoms with Gasteiger partial charge in [-0.3, -0.25) is 4.79 Å². The average Bonchev–Trinajstić information content (AvgIpc) is 3.21. The Morgan fingerprint density at radius 3 is 2.41 bits per heavy atom. The van der Waals surface area contributed by atoms with Crippen LogP contribution in [0.2, 0.25) is 0 Å². The van der Waals surface area contributed by atoms with Crippen molar-refractivity contribution in [1.82, 2.24) is 4.57 Å². The number of hydrogen-bond acceptors (Lipinski definition) is 1. The average molecular weight is 432 g/mol. The zero-order chi connectivity index (χ0) is 22.6. The van der Waals surface area contributed by atoms with Crippen molar-refractivity contribution in [2.24, 2.45) is 0 Å². The van der Waals surface area contributed by atoms with Gasteiger partial charge in [0.25, 0.3) is 5.91 Å². The molecule has 0 radical (unpaired) electrons. The molecule has 2 heterocycles. The number of rotatable bonds is 2. The van der Waals surface area contributed by atoms with Crippen LogP contribution >= 0.6 is 0 Å². The van der Waals surface area contributed by atoms with E-state index in [-0.39, 0.29) is 5.69 Å². The first kappa shape index (κ1) is 20.1. The molecule has 0 saturated heterocycles. The van der Waals surface area contributed by atoms with E-state index in [1.807, 2.05) is 32.0 Å². The van der Waals surface area contributed by atoms with E-state index in [1.54, 1.807) is 6.08 Å². The lowest BCUT2D eigenvalue weighted by atomic mass is 10.0. The van der Waals surface area contributed by atoms with Crippen LogP contribution in [0.15, 0.2) is 66.7 Å². The zero-order valence-electron chi connectivity index (χ0n) is 17.4. The highest BCUT2D eigenvalue weighted by atomic mass is 19.4. The van der Waals surface area contributed by atoms with Crippen molar-refractivity contribution in [1.29, 1.82) is 0 Å². The number of nitrogens with one attached hydrogen (secondary N) is 1. The van der Waals surface area contributed by atoms with Crippen molar-refractivity contribution in [3.05, 3.63) is 94.8 Å². The number of aryl methyl sites for hydroxylation is 1. The van der Waals surface area contributed by atoms with Gasteiger partial charge in [-0.05, 0) is 66.6 Å². The van der Waals surface area contributed by atoms with Gasteiger partial charge in [0.15, 0.2) is 0 Å². The summed E-state index contributed by atoms with van der Waals surface area (Å²) >= 11 is 0. The number of benzene rings is 3. The highest BCUT2D eigenvalue weighted by Crippen LogP contribution is 2.39. The monoisotopic (exact) mass is 432 g/mol. The van der Waals surface area contributed by atoms with Gasteiger partial charge in [0.1, 0.15) is 0 Å². The quantitative estimate of drug-likeness (QED) is 0.349. The molecule has 3 nitrogen and oxygen atoms in total. The number of hydrogen-bond donors (Lipinski definition) is 1. The normalized spacial score (nSPS) is 14.8. The predicted molar refractivity (Wildman–Crippen MR) is 121 cm³/mol. The fourth-order valence-electron chi connectivity index (χ4n) is 4.32. The molecule has 1 aromatic heterocycles. The number of carbonyl (C=O) groups excluding carboxylic acids is 1. The van der Waals surface area contributed by atoms with Gasteiger partial charge in [0.05, 0.1) is 5.56 Å². The van der Waals surface area contributed by atoms with E-state index in [9.17, 15) is 18.0 Å². The van der Waals surface area contributed by atoms with Crippen LogP contribution in [0, 0.1) is 13.8 Å². The maximum absolute atomic E-state index is 13.0. The van der Waals surface area contributed by atoms with Crippen molar-refractivity contribution >= 4 is 34.0 Å². The van der Waals surface area contributed by atoms with Crippen LogP contribution in [-0.2, 0) is 11.0 Å². The Morgan fingerprint density at radius 2 is 1.66 bits per heavy atom. The second-order valence-electron chi connectivity index (χ2n) is 7.96. The maximum atomic E-state index is 13.0. The number of nitrogens with zero attached hydrogens (tertiary/aromatic N) is 1. The lowest BCUT2D eigenvalue weighted by Crippen LogP contribution is -2.06. The van der Waals surface area contributed by atoms with E-state index in [0.29, 0.717) is 11.1 Å². The fourth-order valence-corrected chi connectivity index (χ4v) is 4.32. The van der Waals surface area contributed by atoms with E-state index in [4.69, 9.17) is 0 Å². The molecule has 0 aliphatic carbocycles. The van der Waals surface area contributed by atoms with E-state index in [2.05, 4.69) is 40.2 Å². The van der Waals surface area contributed by atoms with Gasteiger partial charge in [-0.1, -0.05) is 36.4 Å². The molecule has 0 saturated carbocycles. The van der Waals surface area contributed by atoms with Crippen LogP contribution in [-0.4, -0.2) is 10.5 Å². The smallest absolute Gasteiger partial charge is 0.321 e. The molecule has 1 aliphatic heterocycles. The van der Waals surface area contributed by atoms with Gasteiger partial charge in [0.2, 0.25) is 0 Å². The molecule has 1 N–H and O–H groups in total. The van der Waals surface area contributed by atoms with Crippen LogP contribution in [0.1, 0.15) is 28.1 Å². The topological polar surface area (TPSA) is 34.0 Å². The first-order chi connectivity index (χ1) is 15.2. The summed E-state index contributed by atoms with van der Waals surface area (Å²) in [4.78, 5) is 12.5. The lowest BCUT2D eigenvalue weighted by molar-refractivity contribution is -0.137. The molecule has 0 fully saturated rings. The Bertz CT molecular complexity index is 1430. The molecule has 1 amide bonds. The van der Waals surface area contributed by atoms with E-state index in [1.165, 1.54) is 6.07 Å². The Hall–Kier alpha value is -3.80. The molecule has 0 unspecified atom stereocenters. The number of anilines is 1. The lowest BCUT2D eigenvalue weighted by Gasteiger charge is -2.11. The first-order valence-corrected chi connectivity index (χ1v) is 10.2. The highest BCUT2D eigenvalue weighted by molar-refractivity contribution is 6.35. The first-order valence-electron chi connectivity index (χ1n) is 10.2. The van der Waals surface area contributed by atoms with E-state index in [0.717, 1.165) is 45.5 Å². The molecular formula is C26H19F3N2O. The van der Waals surface area contributed by atoms with Crippen LogP contribution < -0.4 is 5.32 Å². The van der Waals surface area contributed by atoms with Gasteiger partial charge in [0, 0.05) is 33.9 Å². The van der Waals surface area contributed by atoms with Crippen LogP contribution in [0.4, 0.5) is 18.9 Å². The van der Waals surface area contributed by atoms with Gasteiger partial charge in [-0.15, -0.1) is 0 Å². The highest BCUT2D eigenvalue weighted by Gasteiger charge is 2.33. The van der Waals surface area contributed by atoms with Crippen molar-refractivity contribution in [2.45, 2.75) is 20.0 Å². The zero-order valence-corrected chi connectivity index (χ0v) is 17.4. The molecule has 0 atom stereocenters. The molecule has 160 valence electrons. The summed E-state index contributed by atoms with van der Waals surface area (Å²) in [5.41, 5.74) is 4.01. The summed E-state index contributed by atoms with van der Waals surface area (Å²) in [5.74, 6) is -0.408. The summed E-state index contributed by atoms with van der Waals surface area (Å²) < 4.78 is 41.2. The second-order valence-corrected chi connectivity index (χ2v) is 7.96. The van der Waals surface area contributed by atoms with E-state index < -0.39 is 17.6 Å². The summed E-state index contributed by atoms with van der Waals surface area (Å²) in [7, 11) is 0. The molecule has 1 aliphatic rings. The van der Waals surface area contributed by atoms with Gasteiger partial charge in [-0.2, -0.15) is 13.2 Å². The minimum absolute atomic E-state index is 0.180. The SMILES string of the molecule is Cc1cc(/C=C2/C(=O)Nc3cc(C(F)(F)F)ccc32)c(C)n1-c1ccc2ccccc2c1. The second kappa shape index (κ2) is 7.12. The third-order valence-electron chi connectivity index (χ3n) is 5.89. The van der Waals surface area contributed by atoms with Gasteiger partial charge in [-0.25, -0.2) is 0 Å². The molecule has 3 aromatic carbocycles. The number of alkyl halides is 3. The fraction of sp³-hybridized carbons (Fsp3) is 0.115. The predicted octanol–water partition coefficient (Wildman–Crippen LogP) is 6.76. The van der Waals surface area contributed by atoms with Gasteiger partial charge < -0.3 is 9.88 Å². The third kappa shape index (κ3) is 3.28. The number of halogens is 3. The number of fused-ring (bicyclic) bond motifs is 2. The number of carbonyl (C=O) groups is 1. The van der Waals surface area contributed by atoms with Crippen molar-refractivity contribution in [3.63, 3.8) is 0 Å². The van der Waals surface area contributed by atoms with Crippen molar-refractivity contribution in [3.8, 4) is 5.69 Å². The number of amides is 1. The van der Waals surface area contributed by atoms with Crippen LogP contribution in [0.3, 0.4) is 0 Å². The molecule has 0 spiro atoms. The Labute approximate surface area is 182 Å². The van der Waals surface area contributed by atoms with Crippen LogP contribution in [0.5, 0.6) is 0 Å². The molecular weight excluding hydrogens is 413 g/mol. The van der Waals surface area contributed by atoms with Crippen molar-refractivity contribution < 1.29 is 18.0 Å². The standard InChI is InChI=1S/C26H19F3N2O/c1-15-11-19(16(2)31(15)21-9-7-17-5-3-4-6-18(17)12-21)13-23-22-10-8-20(26(27,28)29)14-24(22)30-25(23)32/h3-14H,1-2H3,(H,30,32)/b23-13+. The van der Waals surface area contributed by atoms with Crippen molar-refractivity contribution in [2.75, 3.05) is 5.32 Å². The van der Waals surface area contributed by atoms with E-state index >= 15 is 0 Å². The summed E-state index contributed by atoms with van der Waals surface area (Å²) in [6.07, 6.45) is -2.72. The van der Waals surface area contributed by atoms with Gasteiger partial charge >= 0.3 is 6.18 Å². The Kier molecular flexibility index (Phi) is 4.48. The molecule has 6 heteroatoms. The Balaban J connectivity index is 1.58. The Morgan fingerprint density at radius 1 is 0.906 bits per heavy atom. The summed E-state index contributed by atoms with van der Waals surface area (Å²) in [6.45, 7) is 3.96. The largest absolute Gasteiger partial charge is 0.416 e.